The Labute approximate surface area is 268 Å². The Morgan fingerprint density at radius 2 is 0.761 bits per heavy atom. The highest BCUT2D eigenvalue weighted by atomic mass is 14.2. The molecule has 0 bridgehead atoms. The molecule has 0 unspecified atom stereocenters. The second-order valence-electron chi connectivity index (χ2n) is 14.2. The first-order valence-electron chi connectivity index (χ1n) is 16.3. The van der Waals surface area contributed by atoms with E-state index in [-0.39, 0.29) is 5.41 Å². The molecule has 0 aromatic heterocycles. The third-order valence-corrected chi connectivity index (χ3v) is 10.4. The SMILES string of the molecule is CC(C)(C)c1cc2ccc3ccc(-c4ccc5cc(-c6cc7ccc8cccc9ccc(c6)c7c89)ccc5c4)c4ccc(c1)c2c34. The van der Waals surface area contributed by atoms with Crippen molar-refractivity contribution in [2.45, 2.75) is 26.2 Å². The highest BCUT2D eigenvalue weighted by molar-refractivity contribution is 6.26. The van der Waals surface area contributed by atoms with Crippen LogP contribution in [0.25, 0.3) is 97.7 Å². The lowest BCUT2D eigenvalue weighted by atomic mass is 9.82. The normalized spacial score (nSPS) is 12.7. The number of hydrogen-bond acceptors (Lipinski definition) is 0. The van der Waals surface area contributed by atoms with Gasteiger partial charge < -0.3 is 0 Å². The Kier molecular flexibility index (Phi) is 5.08. The highest BCUT2D eigenvalue weighted by Crippen LogP contribution is 2.42. The zero-order valence-corrected chi connectivity index (χ0v) is 26.3. The van der Waals surface area contributed by atoms with Gasteiger partial charge in [0.05, 0.1) is 0 Å². The molecule has 0 saturated carbocycles. The van der Waals surface area contributed by atoms with Gasteiger partial charge in [0.25, 0.3) is 0 Å². The van der Waals surface area contributed by atoms with Crippen LogP contribution < -0.4 is 0 Å². The first kappa shape index (κ1) is 25.8. The monoisotopic (exact) mass is 584 g/mol. The average Bonchev–Trinajstić information content (AvgIpc) is 3.08. The van der Waals surface area contributed by atoms with Crippen LogP contribution in [0.15, 0.2) is 140 Å². The summed E-state index contributed by atoms with van der Waals surface area (Å²) in [6.07, 6.45) is 0. The van der Waals surface area contributed by atoms with E-state index in [1.807, 2.05) is 0 Å². The molecule has 0 aliphatic heterocycles. The van der Waals surface area contributed by atoms with Gasteiger partial charge in [0.15, 0.2) is 0 Å². The minimum atomic E-state index is 0.112. The van der Waals surface area contributed by atoms with Crippen LogP contribution in [0.5, 0.6) is 0 Å². The molecule has 0 nitrogen and oxygen atoms in total. The fourth-order valence-corrected chi connectivity index (χ4v) is 8.02. The molecule has 0 spiro atoms. The summed E-state index contributed by atoms with van der Waals surface area (Å²) in [5, 5.41) is 18.5. The fraction of sp³-hybridized carbons (Fsp3) is 0.0870. The zero-order valence-electron chi connectivity index (χ0n) is 26.3. The van der Waals surface area contributed by atoms with Crippen LogP contribution in [0, 0.1) is 0 Å². The second-order valence-corrected chi connectivity index (χ2v) is 14.2. The lowest BCUT2D eigenvalue weighted by Gasteiger charge is -2.22. The molecular formula is C46H32. The van der Waals surface area contributed by atoms with Gasteiger partial charge in [-0.1, -0.05) is 136 Å². The molecule has 0 N–H and O–H groups in total. The number of fused-ring (bicyclic) bond motifs is 1. The molecule has 0 saturated heterocycles. The summed E-state index contributed by atoms with van der Waals surface area (Å²) >= 11 is 0. The molecule has 10 rings (SSSR count). The Morgan fingerprint density at radius 3 is 1.41 bits per heavy atom. The van der Waals surface area contributed by atoms with Crippen LogP contribution >= 0.6 is 0 Å². The van der Waals surface area contributed by atoms with Crippen LogP contribution in [0.1, 0.15) is 26.3 Å². The molecule has 0 atom stereocenters. The van der Waals surface area contributed by atoms with Crippen molar-refractivity contribution in [1.82, 2.24) is 0 Å². The van der Waals surface area contributed by atoms with Crippen molar-refractivity contribution < 1.29 is 0 Å². The standard InChI is InChI=1S/C46H32/c1-46(2,3)39-25-36-16-9-29-17-19-40(41-20-18-37(26-39)44(36)45(29)41)33-13-12-30-21-32(11-10-31(30)22-33)38-23-34-14-7-27-5-4-6-28-8-15-35(24-38)43(34)42(27)28/h4-26H,1-3H3. The topological polar surface area (TPSA) is 0 Å². The summed E-state index contributed by atoms with van der Waals surface area (Å²) in [6, 6.07) is 52.9. The lowest BCUT2D eigenvalue weighted by molar-refractivity contribution is 0.591. The third-order valence-electron chi connectivity index (χ3n) is 10.4. The van der Waals surface area contributed by atoms with Crippen molar-refractivity contribution in [3.05, 3.63) is 145 Å². The van der Waals surface area contributed by atoms with E-state index in [2.05, 4.69) is 160 Å². The van der Waals surface area contributed by atoms with Gasteiger partial charge in [-0.2, -0.15) is 0 Å². The largest absolute Gasteiger partial charge is 0.0610 e. The summed E-state index contributed by atoms with van der Waals surface area (Å²) < 4.78 is 0. The van der Waals surface area contributed by atoms with Gasteiger partial charge in [-0.25, -0.2) is 0 Å². The fourth-order valence-electron chi connectivity index (χ4n) is 8.02. The van der Waals surface area contributed by atoms with Gasteiger partial charge in [0, 0.05) is 0 Å². The van der Waals surface area contributed by atoms with Gasteiger partial charge in [0.2, 0.25) is 0 Å². The Bertz CT molecular complexity index is 2740. The molecule has 0 radical (unpaired) electrons. The van der Waals surface area contributed by atoms with E-state index >= 15 is 0 Å². The molecule has 0 aliphatic carbocycles. The maximum Gasteiger partial charge on any atom is -0.00206 e. The predicted molar refractivity (Wildman–Crippen MR) is 201 cm³/mol. The molecule has 46 heavy (non-hydrogen) atoms. The van der Waals surface area contributed by atoms with Crippen LogP contribution in [0.4, 0.5) is 0 Å². The predicted octanol–water partition coefficient (Wildman–Crippen LogP) is 13.3. The summed E-state index contributed by atoms with van der Waals surface area (Å²) in [7, 11) is 0. The van der Waals surface area contributed by atoms with E-state index in [4.69, 9.17) is 0 Å². The smallest absolute Gasteiger partial charge is 0.00206 e. The van der Waals surface area contributed by atoms with Crippen LogP contribution in [0.2, 0.25) is 0 Å². The van der Waals surface area contributed by atoms with Crippen molar-refractivity contribution in [3.63, 3.8) is 0 Å². The Balaban J connectivity index is 1.09. The third kappa shape index (κ3) is 3.68. The summed E-state index contributed by atoms with van der Waals surface area (Å²) in [5.74, 6) is 0. The van der Waals surface area contributed by atoms with Crippen molar-refractivity contribution in [3.8, 4) is 22.3 Å². The van der Waals surface area contributed by atoms with Crippen LogP contribution in [-0.2, 0) is 5.41 Å². The van der Waals surface area contributed by atoms with Gasteiger partial charge in [-0.3, -0.25) is 0 Å². The maximum atomic E-state index is 2.39. The highest BCUT2D eigenvalue weighted by Gasteiger charge is 2.18. The first-order chi connectivity index (χ1) is 22.4. The van der Waals surface area contributed by atoms with Crippen LogP contribution in [0.3, 0.4) is 0 Å². The molecule has 0 aliphatic rings. The summed E-state index contributed by atoms with van der Waals surface area (Å²) in [4.78, 5) is 0. The summed E-state index contributed by atoms with van der Waals surface area (Å²) in [5.41, 5.74) is 6.56. The average molecular weight is 585 g/mol. The van der Waals surface area contributed by atoms with Crippen molar-refractivity contribution in [2.75, 3.05) is 0 Å². The molecular weight excluding hydrogens is 553 g/mol. The molecule has 10 aromatic carbocycles. The zero-order chi connectivity index (χ0) is 30.7. The number of rotatable bonds is 2. The molecule has 0 heterocycles. The Hall–Kier alpha value is -5.46. The first-order valence-corrected chi connectivity index (χ1v) is 16.3. The summed E-state index contributed by atoms with van der Waals surface area (Å²) in [6.45, 7) is 6.89. The van der Waals surface area contributed by atoms with E-state index in [1.165, 1.54) is 103 Å². The number of hydrogen-bond donors (Lipinski definition) is 0. The van der Waals surface area contributed by atoms with E-state index in [0.717, 1.165) is 0 Å². The molecule has 0 heteroatoms. The van der Waals surface area contributed by atoms with Crippen molar-refractivity contribution in [2.24, 2.45) is 0 Å². The van der Waals surface area contributed by atoms with Crippen molar-refractivity contribution in [1.29, 1.82) is 0 Å². The number of benzene rings is 10. The minimum absolute atomic E-state index is 0.112. The molecule has 10 aromatic rings. The quantitative estimate of drug-likeness (QED) is 0.177. The van der Waals surface area contributed by atoms with Gasteiger partial charge in [0.1, 0.15) is 0 Å². The van der Waals surface area contributed by atoms with Gasteiger partial charge in [-0.15, -0.1) is 0 Å². The minimum Gasteiger partial charge on any atom is -0.0610 e. The van der Waals surface area contributed by atoms with E-state index in [0.29, 0.717) is 0 Å². The maximum absolute atomic E-state index is 2.39. The molecule has 216 valence electrons. The molecule has 0 amide bonds. The van der Waals surface area contributed by atoms with Gasteiger partial charge in [-0.05, 0) is 133 Å². The van der Waals surface area contributed by atoms with E-state index in [1.54, 1.807) is 0 Å². The van der Waals surface area contributed by atoms with Crippen molar-refractivity contribution >= 4 is 75.4 Å². The molecule has 0 fully saturated rings. The lowest BCUT2D eigenvalue weighted by Crippen LogP contribution is -2.10. The Morgan fingerprint density at radius 1 is 0.326 bits per heavy atom. The van der Waals surface area contributed by atoms with E-state index in [9.17, 15) is 0 Å². The second kappa shape index (κ2) is 9.05. The van der Waals surface area contributed by atoms with Gasteiger partial charge >= 0.3 is 0 Å². The van der Waals surface area contributed by atoms with E-state index < -0.39 is 0 Å². The van der Waals surface area contributed by atoms with Crippen LogP contribution in [-0.4, -0.2) is 0 Å².